The predicted molar refractivity (Wildman–Crippen MR) is 92.7 cm³/mol. The summed E-state index contributed by atoms with van der Waals surface area (Å²) in [5.41, 5.74) is 0.988. The van der Waals surface area contributed by atoms with Crippen molar-refractivity contribution >= 4 is 11.8 Å². The van der Waals surface area contributed by atoms with Gasteiger partial charge in [0.05, 0.1) is 24.7 Å². The van der Waals surface area contributed by atoms with E-state index < -0.39 is 0 Å². The number of aryl methyl sites for hydroxylation is 1. The molecule has 0 saturated heterocycles. The topological polar surface area (TPSA) is 88.3 Å². The second-order valence-electron chi connectivity index (χ2n) is 6.30. The molecule has 0 saturated carbocycles. The molecule has 0 fully saturated rings. The molecule has 7 heteroatoms. The summed E-state index contributed by atoms with van der Waals surface area (Å²) in [7, 11) is 0. The van der Waals surface area contributed by atoms with E-state index in [0.29, 0.717) is 18.2 Å². The lowest BCUT2D eigenvalue weighted by Crippen LogP contribution is -2.36. The van der Waals surface area contributed by atoms with Gasteiger partial charge >= 0.3 is 0 Å². The van der Waals surface area contributed by atoms with Gasteiger partial charge in [0.2, 0.25) is 5.91 Å². The zero-order valence-electron chi connectivity index (χ0n) is 14.9. The van der Waals surface area contributed by atoms with E-state index in [1.165, 1.54) is 6.20 Å². The van der Waals surface area contributed by atoms with Crippen molar-refractivity contribution in [3.8, 4) is 0 Å². The number of furan rings is 1. The molecule has 0 aromatic carbocycles. The van der Waals surface area contributed by atoms with Crippen molar-refractivity contribution in [2.45, 2.75) is 33.7 Å². The van der Waals surface area contributed by atoms with Gasteiger partial charge in [-0.3, -0.25) is 14.6 Å². The van der Waals surface area contributed by atoms with Gasteiger partial charge in [-0.15, -0.1) is 0 Å². The van der Waals surface area contributed by atoms with Crippen LogP contribution in [0.2, 0.25) is 0 Å². The summed E-state index contributed by atoms with van der Waals surface area (Å²) in [6, 6.07) is 3.55. The van der Waals surface area contributed by atoms with E-state index in [1.807, 2.05) is 13.8 Å². The Kier molecular flexibility index (Phi) is 6.68. The molecule has 0 spiro atoms. The molecule has 0 bridgehead atoms. The van der Waals surface area contributed by atoms with Crippen LogP contribution >= 0.6 is 0 Å². The molecule has 0 aliphatic rings. The van der Waals surface area contributed by atoms with Gasteiger partial charge in [-0.1, -0.05) is 13.8 Å². The molecule has 2 heterocycles. The predicted octanol–water partition coefficient (Wildman–Crippen LogP) is 2.18. The van der Waals surface area contributed by atoms with E-state index in [9.17, 15) is 9.59 Å². The Morgan fingerprint density at radius 3 is 2.68 bits per heavy atom. The van der Waals surface area contributed by atoms with Crippen molar-refractivity contribution < 1.29 is 14.0 Å². The summed E-state index contributed by atoms with van der Waals surface area (Å²) in [6.07, 6.45) is 4.77. The first-order valence-electron chi connectivity index (χ1n) is 8.32. The van der Waals surface area contributed by atoms with E-state index >= 15 is 0 Å². The number of rotatable bonds is 8. The average Bonchev–Trinajstić information content (AvgIpc) is 3.10. The Balaban J connectivity index is 2.03. The third kappa shape index (κ3) is 6.02. The van der Waals surface area contributed by atoms with E-state index in [-0.39, 0.29) is 37.0 Å². The monoisotopic (exact) mass is 344 g/mol. The van der Waals surface area contributed by atoms with Gasteiger partial charge in [-0.25, -0.2) is 4.98 Å². The number of hydrogen-bond donors (Lipinski definition) is 1. The number of aromatic nitrogens is 2. The van der Waals surface area contributed by atoms with Crippen LogP contribution in [0.1, 0.15) is 42.2 Å². The van der Waals surface area contributed by atoms with Crippen LogP contribution in [0.5, 0.6) is 0 Å². The molecule has 2 aromatic rings. The number of carbonyl (C=O) groups is 2. The summed E-state index contributed by atoms with van der Waals surface area (Å²) in [5, 5.41) is 2.85. The first-order chi connectivity index (χ1) is 12.0. The Morgan fingerprint density at radius 2 is 2.08 bits per heavy atom. The Bertz CT molecular complexity index is 681. The van der Waals surface area contributed by atoms with Crippen LogP contribution in [-0.2, 0) is 11.3 Å². The van der Waals surface area contributed by atoms with Gasteiger partial charge in [0, 0.05) is 25.7 Å². The minimum atomic E-state index is -0.277. The van der Waals surface area contributed by atoms with Crippen LogP contribution < -0.4 is 5.32 Å². The van der Waals surface area contributed by atoms with Gasteiger partial charge in [0.25, 0.3) is 5.91 Å². The quantitative estimate of drug-likeness (QED) is 0.793. The first kappa shape index (κ1) is 18.6. The maximum absolute atomic E-state index is 12.7. The zero-order chi connectivity index (χ0) is 18.2. The molecule has 1 N–H and O–H groups in total. The lowest BCUT2D eigenvalue weighted by Gasteiger charge is -2.21. The molecule has 2 aromatic heterocycles. The zero-order valence-corrected chi connectivity index (χ0v) is 14.9. The lowest BCUT2D eigenvalue weighted by atomic mass is 10.2. The maximum Gasteiger partial charge on any atom is 0.274 e. The number of hydrogen-bond acceptors (Lipinski definition) is 5. The van der Waals surface area contributed by atoms with E-state index in [2.05, 4.69) is 15.3 Å². The molecular weight excluding hydrogens is 320 g/mol. The molecule has 2 amide bonds. The molecule has 134 valence electrons. The molecule has 25 heavy (non-hydrogen) atoms. The summed E-state index contributed by atoms with van der Waals surface area (Å²) in [5.74, 6) is 0.671. The van der Waals surface area contributed by atoms with E-state index in [1.54, 1.807) is 36.4 Å². The lowest BCUT2D eigenvalue weighted by molar-refractivity contribution is -0.121. The van der Waals surface area contributed by atoms with E-state index in [0.717, 1.165) is 5.69 Å². The van der Waals surface area contributed by atoms with Crippen molar-refractivity contribution in [2.75, 3.05) is 13.1 Å². The highest BCUT2D eigenvalue weighted by molar-refractivity contribution is 5.92. The second kappa shape index (κ2) is 8.96. The maximum atomic E-state index is 12.7. The fourth-order valence-electron chi connectivity index (χ4n) is 2.15. The van der Waals surface area contributed by atoms with Crippen molar-refractivity contribution in [3.05, 3.63) is 47.9 Å². The molecular formula is C18H24N4O3. The van der Waals surface area contributed by atoms with Crippen LogP contribution in [0.25, 0.3) is 0 Å². The molecule has 7 nitrogen and oxygen atoms in total. The summed E-state index contributed by atoms with van der Waals surface area (Å²) in [4.78, 5) is 34.5. The molecule has 0 aliphatic carbocycles. The molecule has 0 unspecified atom stereocenters. The van der Waals surface area contributed by atoms with Crippen molar-refractivity contribution in [3.63, 3.8) is 0 Å². The first-order valence-corrected chi connectivity index (χ1v) is 8.32. The van der Waals surface area contributed by atoms with Crippen molar-refractivity contribution in [1.82, 2.24) is 20.2 Å². The number of amides is 2. The minimum Gasteiger partial charge on any atom is -0.467 e. The Morgan fingerprint density at radius 1 is 1.28 bits per heavy atom. The molecule has 2 rings (SSSR count). The van der Waals surface area contributed by atoms with E-state index in [4.69, 9.17) is 4.42 Å². The van der Waals surface area contributed by atoms with Crippen LogP contribution in [0.4, 0.5) is 0 Å². The third-order valence-electron chi connectivity index (χ3n) is 3.53. The standard InChI is InChI=1S/C18H24N4O3/c1-13(2)9-21-17(23)6-7-22(12-15-5-4-8-25-15)18(24)16-11-19-14(3)10-20-16/h4-5,8,10-11,13H,6-7,9,12H2,1-3H3,(H,21,23). The van der Waals surface area contributed by atoms with Gasteiger partial charge < -0.3 is 14.6 Å². The molecule has 0 aliphatic heterocycles. The van der Waals surface area contributed by atoms with Crippen LogP contribution in [0.3, 0.4) is 0 Å². The number of carbonyl (C=O) groups excluding carboxylic acids is 2. The normalized spacial score (nSPS) is 10.7. The fourth-order valence-corrected chi connectivity index (χ4v) is 2.15. The highest BCUT2D eigenvalue weighted by atomic mass is 16.3. The summed E-state index contributed by atoms with van der Waals surface area (Å²) < 4.78 is 5.32. The van der Waals surface area contributed by atoms with Gasteiger partial charge in [-0.2, -0.15) is 0 Å². The average molecular weight is 344 g/mol. The Labute approximate surface area is 147 Å². The molecule has 0 atom stereocenters. The van der Waals surface area contributed by atoms with Crippen LogP contribution in [-0.4, -0.2) is 39.8 Å². The van der Waals surface area contributed by atoms with Gasteiger partial charge in [-0.05, 0) is 25.0 Å². The highest BCUT2D eigenvalue weighted by Crippen LogP contribution is 2.10. The summed E-state index contributed by atoms with van der Waals surface area (Å²) >= 11 is 0. The van der Waals surface area contributed by atoms with Gasteiger partial charge in [0.15, 0.2) is 0 Å². The van der Waals surface area contributed by atoms with Crippen LogP contribution in [0.15, 0.2) is 35.2 Å². The fraction of sp³-hybridized carbons (Fsp3) is 0.444. The smallest absolute Gasteiger partial charge is 0.274 e. The number of nitrogens with one attached hydrogen (secondary N) is 1. The van der Waals surface area contributed by atoms with Crippen LogP contribution in [0, 0.1) is 12.8 Å². The van der Waals surface area contributed by atoms with Crippen molar-refractivity contribution in [1.29, 1.82) is 0 Å². The minimum absolute atomic E-state index is 0.0825. The highest BCUT2D eigenvalue weighted by Gasteiger charge is 2.20. The SMILES string of the molecule is Cc1cnc(C(=O)N(CCC(=O)NCC(C)C)Cc2ccco2)cn1. The van der Waals surface area contributed by atoms with Gasteiger partial charge in [0.1, 0.15) is 11.5 Å². The summed E-state index contributed by atoms with van der Waals surface area (Å²) in [6.45, 7) is 7.04. The largest absolute Gasteiger partial charge is 0.467 e. The number of nitrogens with zero attached hydrogens (tertiary/aromatic N) is 3. The Hall–Kier alpha value is -2.70. The third-order valence-corrected chi connectivity index (χ3v) is 3.53. The second-order valence-corrected chi connectivity index (χ2v) is 6.30. The van der Waals surface area contributed by atoms with Crippen molar-refractivity contribution in [2.24, 2.45) is 5.92 Å². The molecule has 0 radical (unpaired) electrons.